The number of nitrogens with one attached hydrogen (secondary N) is 2. The van der Waals surface area contributed by atoms with Crippen LogP contribution in [0.15, 0.2) is 0 Å². The lowest BCUT2D eigenvalue weighted by Crippen LogP contribution is -2.59. The molecule has 1 aliphatic heterocycles. The monoisotopic (exact) mass is 154 g/mol. The zero-order valence-electron chi connectivity index (χ0n) is 6.09. The molecule has 4 heteroatoms. The SMILES string of the molecule is O=C1NC2CCCC2NC1=O. The predicted octanol–water partition coefficient (Wildman–Crippen LogP) is -0.847. The molecular weight excluding hydrogens is 144 g/mol. The fourth-order valence-corrected chi connectivity index (χ4v) is 1.77. The topological polar surface area (TPSA) is 58.2 Å². The standard InChI is InChI=1S/C7H10N2O2/c10-6-7(11)9-5-3-1-2-4(5)8-6/h4-5H,1-3H2,(H,8,10)(H,9,11). The molecule has 0 radical (unpaired) electrons. The first-order valence-corrected chi connectivity index (χ1v) is 3.89. The molecule has 2 N–H and O–H groups in total. The second kappa shape index (κ2) is 2.22. The highest BCUT2D eigenvalue weighted by molar-refractivity contribution is 6.35. The summed E-state index contributed by atoms with van der Waals surface area (Å²) in [6.45, 7) is 0. The lowest BCUT2D eigenvalue weighted by molar-refractivity contribution is -0.142. The molecule has 1 saturated heterocycles. The molecule has 0 aromatic rings. The van der Waals surface area contributed by atoms with Crippen LogP contribution in [0.5, 0.6) is 0 Å². The number of carbonyl (C=O) groups excluding carboxylic acids is 2. The summed E-state index contributed by atoms with van der Waals surface area (Å²) in [5.74, 6) is -0.957. The molecule has 60 valence electrons. The Morgan fingerprint density at radius 2 is 1.45 bits per heavy atom. The first-order valence-electron chi connectivity index (χ1n) is 3.89. The maximum atomic E-state index is 10.8. The molecule has 4 nitrogen and oxygen atoms in total. The van der Waals surface area contributed by atoms with Gasteiger partial charge in [-0.15, -0.1) is 0 Å². The number of fused-ring (bicyclic) bond motifs is 1. The van der Waals surface area contributed by atoms with Crippen molar-refractivity contribution in [1.82, 2.24) is 10.6 Å². The Hall–Kier alpha value is -1.06. The van der Waals surface area contributed by atoms with Crippen LogP contribution in [-0.2, 0) is 9.59 Å². The number of amides is 2. The van der Waals surface area contributed by atoms with Gasteiger partial charge < -0.3 is 10.6 Å². The van der Waals surface area contributed by atoms with Crippen molar-refractivity contribution in [3.8, 4) is 0 Å². The lowest BCUT2D eigenvalue weighted by atomic mass is 10.1. The van der Waals surface area contributed by atoms with Crippen LogP contribution in [0.3, 0.4) is 0 Å². The molecule has 0 bridgehead atoms. The van der Waals surface area contributed by atoms with E-state index in [1.54, 1.807) is 0 Å². The third-order valence-corrected chi connectivity index (χ3v) is 2.36. The summed E-state index contributed by atoms with van der Waals surface area (Å²) >= 11 is 0. The summed E-state index contributed by atoms with van der Waals surface area (Å²) in [5.41, 5.74) is 0. The summed E-state index contributed by atoms with van der Waals surface area (Å²) in [7, 11) is 0. The van der Waals surface area contributed by atoms with Crippen molar-refractivity contribution in [2.24, 2.45) is 0 Å². The highest BCUT2D eigenvalue weighted by Gasteiger charge is 2.36. The number of hydrogen-bond acceptors (Lipinski definition) is 2. The van der Waals surface area contributed by atoms with Gasteiger partial charge in [-0.2, -0.15) is 0 Å². The van der Waals surface area contributed by atoms with E-state index in [1.165, 1.54) is 0 Å². The third-order valence-electron chi connectivity index (χ3n) is 2.36. The van der Waals surface area contributed by atoms with Gasteiger partial charge in [-0.3, -0.25) is 9.59 Å². The van der Waals surface area contributed by atoms with Crippen molar-refractivity contribution in [2.45, 2.75) is 31.3 Å². The van der Waals surface area contributed by atoms with E-state index in [0.29, 0.717) is 0 Å². The zero-order chi connectivity index (χ0) is 7.84. The minimum atomic E-state index is -0.479. The quantitative estimate of drug-likeness (QED) is 0.447. The predicted molar refractivity (Wildman–Crippen MR) is 37.7 cm³/mol. The van der Waals surface area contributed by atoms with Crippen molar-refractivity contribution < 1.29 is 9.59 Å². The van der Waals surface area contributed by atoms with Crippen LogP contribution in [0.2, 0.25) is 0 Å². The average Bonchev–Trinajstić information content (AvgIpc) is 2.36. The van der Waals surface area contributed by atoms with E-state index in [4.69, 9.17) is 0 Å². The summed E-state index contributed by atoms with van der Waals surface area (Å²) in [6.07, 6.45) is 3.09. The van der Waals surface area contributed by atoms with Gasteiger partial charge >= 0.3 is 11.8 Å². The highest BCUT2D eigenvalue weighted by Crippen LogP contribution is 2.20. The van der Waals surface area contributed by atoms with Gasteiger partial charge in [0, 0.05) is 12.1 Å². The molecule has 2 amide bonds. The molecule has 1 saturated carbocycles. The van der Waals surface area contributed by atoms with Crippen molar-refractivity contribution >= 4 is 11.8 Å². The molecular formula is C7H10N2O2. The Bertz CT molecular complexity index is 192. The summed E-state index contributed by atoms with van der Waals surface area (Å²) in [4.78, 5) is 21.6. The van der Waals surface area contributed by atoms with E-state index in [1.807, 2.05) is 0 Å². The van der Waals surface area contributed by atoms with Gasteiger partial charge in [0.2, 0.25) is 0 Å². The van der Waals surface area contributed by atoms with Crippen molar-refractivity contribution in [3.05, 3.63) is 0 Å². The molecule has 2 fully saturated rings. The van der Waals surface area contributed by atoms with Gasteiger partial charge in [0.15, 0.2) is 0 Å². The molecule has 2 atom stereocenters. The molecule has 2 rings (SSSR count). The fraction of sp³-hybridized carbons (Fsp3) is 0.714. The van der Waals surface area contributed by atoms with Crippen LogP contribution in [0.1, 0.15) is 19.3 Å². The second-order valence-corrected chi connectivity index (χ2v) is 3.09. The molecule has 2 aliphatic rings. The van der Waals surface area contributed by atoms with Crippen LogP contribution in [-0.4, -0.2) is 23.9 Å². The summed E-state index contributed by atoms with van der Waals surface area (Å²) in [6, 6.07) is 0.389. The Labute approximate surface area is 64.3 Å². The molecule has 0 aromatic carbocycles. The van der Waals surface area contributed by atoms with E-state index in [-0.39, 0.29) is 12.1 Å². The molecule has 0 aromatic heterocycles. The molecule has 11 heavy (non-hydrogen) atoms. The van der Waals surface area contributed by atoms with Gasteiger partial charge in [0.1, 0.15) is 0 Å². The molecule has 1 heterocycles. The maximum absolute atomic E-state index is 10.8. The zero-order valence-corrected chi connectivity index (χ0v) is 6.09. The van der Waals surface area contributed by atoms with Gasteiger partial charge in [-0.1, -0.05) is 0 Å². The Morgan fingerprint density at radius 3 is 1.91 bits per heavy atom. The van der Waals surface area contributed by atoms with Gasteiger partial charge in [-0.25, -0.2) is 0 Å². The first-order chi connectivity index (χ1) is 5.27. The van der Waals surface area contributed by atoms with E-state index < -0.39 is 11.8 Å². The number of hydrogen-bond donors (Lipinski definition) is 2. The minimum absolute atomic E-state index is 0.195. The van der Waals surface area contributed by atoms with Crippen molar-refractivity contribution in [3.63, 3.8) is 0 Å². The first kappa shape index (κ1) is 6.64. The largest absolute Gasteiger partial charge is 0.343 e. The second-order valence-electron chi connectivity index (χ2n) is 3.09. The minimum Gasteiger partial charge on any atom is -0.343 e. The smallest absolute Gasteiger partial charge is 0.309 e. The Kier molecular flexibility index (Phi) is 1.34. The van der Waals surface area contributed by atoms with Gasteiger partial charge in [0.25, 0.3) is 0 Å². The van der Waals surface area contributed by atoms with E-state index in [0.717, 1.165) is 19.3 Å². The number of rotatable bonds is 0. The van der Waals surface area contributed by atoms with Crippen LogP contribution >= 0.6 is 0 Å². The number of carbonyl (C=O) groups is 2. The average molecular weight is 154 g/mol. The van der Waals surface area contributed by atoms with Crippen molar-refractivity contribution in [1.29, 1.82) is 0 Å². The Morgan fingerprint density at radius 1 is 1.00 bits per heavy atom. The van der Waals surface area contributed by atoms with E-state index in [2.05, 4.69) is 10.6 Å². The normalized spacial score (nSPS) is 36.0. The molecule has 1 aliphatic carbocycles. The van der Waals surface area contributed by atoms with Gasteiger partial charge in [0.05, 0.1) is 0 Å². The van der Waals surface area contributed by atoms with E-state index in [9.17, 15) is 9.59 Å². The number of piperazine rings is 1. The fourth-order valence-electron chi connectivity index (χ4n) is 1.77. The Balaban J connectivity index is 2.12. The van der Waals surface area contributed by atoms with Crippen molar-refractivity contribution in [2.75, 3.05) is 0 Å². The molecule has 2 unspecified atom stereocenters. The van der Waals surface area contributed by atoms with E-state index >= 15 is 0 Å². The summed E-state index contributed by atoms with van der Waals surface area (Å²) < 4.78 is 0. The molecule has 0 spiro atoms. The van der Waals surface area contributed by atoms with Crippen LogP contribution in [0, 0.1) is 0 Å². The van der Waals surface area contributed by atoms with Crippen LogP contribution in [0.4, 0.5) is 0 Å². The highest BCUT2D eigenvalue weighted by atomic mass is 16.2. The van der Waals surface area contributed by atoms with Crippen LogP contribution < -0.4 is 10.6 Å². The van der Waals surface area contributed by atoms with Crippen LogP contribution in [0.25, 0.3) is 0 Å². The van der Waals surface area contributed by atoms with Gasteiger partial charge in [-0.05, 0) is 19.3 Å². The summed E-state index contributed by atoms with van der Waals surface area (Å²) in [5, 5.41) is 5.35. The lowest BCUT2D eigenvalue weighted by Gasteiger charge is -2.26. The maximum Gasteiger partial charge on any atom is 0.309 e. The third kappa shape index (κ3) is 0.982.